The summed E-state index contributed by atoms with van der Waals surface area (Å²) in [5.74, 6) is -1.69. The molecule has 7 N–H and O–H groups in total. The minimum absolute atomic E-state index is 0.0248. The first-order valence-electron chi connectivity index (χ1n) is 9.90. The molecule has 0 radical (unpaired) electrons. The third kappa shape index (κ3) is 5.81. The number of nitrogens with two attached hydrogens (primary N) is 2. The maximum absolute atomic E-state index is 12.4. The molecule has 1 atom stereocenters. The summed E-state index contributed by atoms with van der Waals surface area (Å²) >= 11 is 0. The van der Waals surface area contributed by atoms with Gasteiger partial charge in [0.25, 0.3) is 5.91 Å². The molecule has 3 rings (SSSR count). The van der Waals surface area contributed by atoms with Crippen LogP contribution in [0.15, 0.2) is 42.8 Å². The van der Waals surface area contributed by atoms with Gasteiger partial charge in [-0.2, -0.15) is 9.97 Å². The van der Waals surface area contributed by atoms with E-state index in [-0.39, 0.29) is 30.4 Å². The van der Waals surface area contributed by atoms with E-state index >= 15 is 0 Å². The summed E-state index contributed by atoms with van der Waals surface area (Å²) in [6, 6.07) is 5.50. The van der Waals surface area contributed by atoms with Crippen molar-refractivity contribution < 1.29 is 19.8 Å². The molecule has 0 bridgehead atoms. The molecule has 33 heavy (non-hydrogen) atoms. The first-order chi connectivity index (χ1) is 15.6. The molecular weight excluding hydrogens is 428 g/mol. The zero-order valence-electron chi connectivity index (χ0n) is 17.9. The smallest absolute Gasteiger partial charge is 0.326 e. The van der Waals surface area contributed by atoms with Gasteiger partial charge >= 0.3 is 5.97 Å². The summed E-state index contributed by atoms with van der Waals surface area (Å²) in [4.78, 5) is 42.3. The number of aliphatic carboxylic acids is 1. The Balaban J connectivity index is 1.67. The third-order valence-corrected chi connectivity index (χ3v) is 4.80. The van der Waals surface area contributed by atoms with Crippen molar-refractivity contribution in [1.29, 1.82) is 0 Å². The van der Waals surface area contributed by atoms with E-state index in [4.69, 9.17) is 16.6 Å². The van der Waals surface area contributed by atoms with Gasteiger partial charge < -0.3 is 31.9 Å². The first kappa shape index (κ1) is 23.2. The van der Waals surface area contributed by atoms with Crippen molar-refractivity contribution in [2.24, 2.45) is 0 Å². The molecule has 12 heteroatoms. The molecular formula is C21H24N8O4. The largest absolute Gasteiger partial charge is 0.513 e. The highest BCUT2D eigenvalue weighted by Crippen LogP contribution is 2.19. The fourth-order valence-corrected chi connectivity index (χ4v) is 3.07. The number of aliphatic hydroxyl groups is 1. The van der Waals surface area contributed by atoms with Gasteiger partial charge in [0.05, 0.1) is 24.2 Å². The Morgan fingerprint density at radius 1 is 1.15 bits per heavy atom. The van der Waals surface area contributed by atoms with E-state index in [1.54, 1.807) is 30.5 Å². The molecule has 0 spiro atoms. The van der Waals surface area contributed by atoms with Crippen molar-refractivity contribution >= 4 is 40.5 Å². The van der Waals surface area contributed by atoms with Gasteiger partial charge in [0.15, 0.2) is 17.0 Å². The van der Waals surface area contributed by atoms with E-state index in [0.717, 1.165) is 5.69 Å². The Morgan fingerprint density at radius 3 is 2.48 bits per heavy atom. The number of fused-ring (bicyclic) bond motifs is 1. The van der Waals surface area contributed by atoms with Gasteiger partial charge in [0.2, 0.25) is 5.95 Å². The molecule has 0 saturated carbocycles. The lowest BCUT2D eigenvalue weighted by Crippen LogP contribution is -2.40. The molecule has 2 heterocycles. The van der Waals surface area contributed by atoms with Crippen molar-refractivity contribution in [1.82, 2.24) is 25.3 Å². The zero-order chi connectivity index (χ0) is 24.1. The Kier molecular flexibility index (Phi) is 6.86. The lowest BCUT2D eigenvalue weighted by molar-refractivity contribution is -0.139. The molecule has 1 unspecified atom stereocenters. The van der Waals surface area contributed by atoms with Gasteiger partial charge in [-0.15, -0.1) is 0 Å². The minimum Gasteiger partial charge on any atom is -0.513 e. The quantitative estimate of drug-likeness (QED) is 0.293. The second kappa shape index (κ2) is 9.77. The van der Waals surface area contributed by atoms with Crippen LogP contribution >= 0.6 is 0 Å². The third-order valence-electron chi connectivity index (χ3n) is 4.80. The van der Waals surface area contributed by atoms with Crippen molar-refractivity contribution in [3.05, 3.63) is 54.1 Å². The SMILES string of the molecule is C=C(O)CCC(NC(=O)c1ccc(N(C)Cc2cnc3nc(N)nc(N)c3n2)cc1)C(=O)O. The van der Waals surface area contributed by atoms with Crippen LogP contribution in [0.5, 0.6) is 0 Å². The second-order valence-corrected chi connectivity index (χ2v) is 7.37. The molecule has 3 aromatic rings. The molecule has 0 aliphatic rings. The van der Waals surface area contributed by atoms with Crippen LogP contribution in [0.25, 0.3) is 11.2 Å². The number of nitrogens with one attached hydrogen (secondary N) is 1. The maximum Gasteiger partial charge on any atom is 0.326 e. The summed E-state index contributed by atoms with van der Waals surface area (Å²) in [5, 5.41) is 20.9. The van der Waals surface area contributed by atoms with Crippen LogP contribution in [0.2, 0.25) is 0 Å². The number of carboxylic acids is 1. The molecule has 0 aliphatic carbocycles. The zero-order valence-corrected chi connectivity index (χ0v) is 17.9. The van der Waals surface area contributed by atoms with Gasteiger partial charge in [0, 0.05) is 24.7 Å². The van der Waals surface area contributed by atoms with Gasteiger partial charge in [-0.25, -0.2) is 14.8 Å². The van der Waals surface area contributed by atoms with Gasteiger partial charge in [-0.05, 0) is 30.7 Å². The number of rotatable bonds is 9. The maximum atomic E-state index is 12.4. The normalized spacial score (nSPS) is 11.7. The lowest BCUT2D eigenvalue weighted by Gasteiger charge is -2.19. The van der Waals surface area contributed by atoms with E-state index in [1.807, 2.05) is 11.9 Å². The molecule has 12 nitrogen and oxygen atoms in total. The van der Waals surface area contributed by atoms with Crippen LogP contribution in [0, 0.1) is 0 Å². The number of carbonyl (C=O) groups is 2. The topological polar surface area (TPSA) is 193 Å². The number of aliphatic hydroxyl groups excluding tert-OH is 1. The number of hydrogen-bond acceptors (Lipinski definition) is 10. The number of hydrogen-bond donors (Lipinski definition) is 5. The molecule has 0 aliphatic heterocycles. The highest BCUT2D eigenvalue weighted by atomic mass is 16.4. The number of allylic oxidation sites excluding steroid dienone is 1. The predicted molar refractivity (Wildman–Crippen MR) is 122 cm³/mol. The van der Waals surface area contributed by atoms with Crippen LogP contribution < -0.4 is 21.7 Å². The van der Waals surface area contributed by atoms with Crippen LogP contribution in [0.3, 0.4) is 0 Å². The summed E-state index contributed by atoms with van der Waals surface area (Å²) in [7, 11) is 1.84. The van der Waals surface area contributed by atoms with Crippen LogP contribution in [0.4, 0.5) is 17.5 Å². The minimum atomic E-state index is -1.19. The molecule has 0 fully saturated rings. The van der Waals surface area contributed by atoms with E-state index in [9.17, 15) is 14.7 Å². The van der Waals surface area contributed by atoms with E-state index in [0.29, 0.717) is 29.0 Å². The Labute approximate surface area is 189 Å². The number of nitrogens with zero attached hydrogens (tertiary/aromatic N) is 5. The van der Waals surface area contributed by atoms with Crippen LogP contribution in [-0.2, 0) is 11.3 Å². The lowest BCUT2D eigenvalue weighted by atomic mass is 10.1. The number of nitrogen functional groups attached to an aromatic ring is 2. The van der Waals surface area contributed by atoms with Crippen molar-refractivity contribution in [3.8, 4) is 0 Å². The summed E-state index contributed by atoms with van der Waals surface area (Å²) in [6.45, 7) is 3.72. The molecule has 2 aromatic heterocycles. The molecule has 172 valence electrons. The van der Waals surface area contributed by atoms with Gasteiger partial charge in [-0.3, -0.25) is 4.79 Å². The average molecular weight is 452 g/mol. The number of carbonyl (C=O) groups excluding carboxylic acids is 1. The van der Waals surface area contributed by atoms with Gasteiger partial charge in [-0.1, -0.05) is 6.58 Å². The Morgan fingerprint density at radius 2 is 1.85 bits per heavy atom. The predicted octanol–water partition coefficient (Wildman–Crippen LogP) is 1.26. The number of amides is 1. The van der Waals surface area contributed by atoms with E-state index in [2.05, 4.69) is 31.8 Å². The Hall–Kier alpha value is -4.48. The Bertz CT molecular complexity index is 1200. The van der Waals surface area contributed by atoms with E-state index in [1.165, 1.54) is 0 Å². The fraction of sp³-hybridized carbons (Fsp3) is 0.238. The number of aromatic nitrogens is 4. The summed E-state index contributed by atoms with van der Waals surface area (Å²) in [6.07, 6.45) is 1.68. The van der Waals surface area contributed by atoms with Crippen LogP contribution in [-0.4, -0.2) is 55.1 Å². The molecule has 0 saturated heterocycles. The molecule has 1 aromatic carbocycles. The van der Waals surface area contributed by atoms with Crippen molar-refractivity contribution in [2.45, 2.75) is 25.4 Å². The highest BCUT2D eigenvalue weighted by molar-refractivity contribution is 5.96. The number of benzene rings is 1. The van der Waals surface area contributed by atoms with Crippen molar-refractivity contribution in [2.75, 3.05) is 23.4 Å². The second-order valence-electron chi connectivity index (χ2n) is 7.37. The van der Waals surface area contributed by atoms with Crippen LogP contribution in [0.1, 0.15) is 28.9 Å². The average Bonchev–Trinajstić information content (AvgIpc) is 2.76. The number of carboxylic acid groups (broad SMARTS) is 1. The molecule has 1 amide bonds. The number of anilines is 3. The monoisotopic (exact) mass is 452 g/mol. The van der Waals surface area contributed by atoms with Gasteiger partial charge in [0.1, 0.15) is 6.04 Å². The van der Waals surface area contributed by atoms with Crippen molar-refractivity contribution in [3.63, 3.8) is 0 Å². The standard InChI is InChI=1S/C21H24N8O4/c1-11(30)3-8-15(20(32)33)26-19(31)12-4-6-14(7-5-12)29(2)10-13-9-24-18-16(25-13)17(22)27-21(23)28-18/h4-7,9,15,30H,1,3,8,10H2,2H3,(H,26,31)(H,32,33)(H4,22,23,24,27,28). The summed E-state index contributed by atoms with van der Waals surface area (Å²) < 4.78 is 0. The summed E-state index contributed by atoms with van der Waals surface area (Å²) in [5.41, 5.74) is 13.8. The highest BCUT2D eigenvalue weighted by Gasteiger charge is 2.21. The first-order valence-corrected chi connectivity index (χ1v) is 9.90. The van der Waals surface area contributed by atoms with E-state index < -0.39 is 17.9 Å². The fourth-order valence-electron chi connectivity index (χ4n) is 3.07.